The number of carbonyl (C=O) groups is 1. The van der Waals surface area contributed by atoms with Crippen molar-refractivity contribution in [2.24, 2.45) is 11.1 Å². The molecule has 0 aliphatic heterocycles. The molecular weight excluding hydrogens is 238 g/mol. The quantitative estimate of drug-likeness (QED) is 0.868. The predicted molar refractivity (Wildman–Crippen MR) is 77.8 cm³/mol. The van der Waals surface area contributed by atoms with Gasteiger partial charge in [-0.25, -0.2) is 0 Å². The van der Waals surface area contributed by atoms with Crippen molar-refractivity contribution in [1.82, 2.24) is 4.98 Å². The zero-order valence-corrected chi connectivity index (χ0v) is 11.5. The van der Waals surface area contributed by atoms with E-state index in [1.165, 1.54) is 0 Å². The standard InChI is InChI=1S/C15H19N3O/c1-15(2,3)13(16)14(19)18-12-6-4-5-10-7-8-17-9-11(10)12/h4-9,13H,16H2,1-3H3,(H,18,19)/t13-/m1/s1. The van der Waals surface area contributed by atoms with Crippen molar-refractivity contribution in [3.05, 3.63) is 36.7 Å². The first kappa shape index (κ1) is 13.5. The summed E-state index contributed by atoms with van der Waals surface area (Å²) in [5, 5.41) is 4.84. The van der Waals surface area contributed by atoms with Crippen LogP contribution in [0, 0.1) is 5.41 Å². The molecule has 0 saturated heterocycles. The average Bonchev–Trinajstić information content (AvgIpc) is 2.37. The minimum Gasteiger partial charge on any atom is -0.324 e. The Morgan fingerprint density at radius 2 is 2.05 bits per heavy atom. The van der Waals surface area contributed by atoms with E-state index >= 15 is 0 Å². The highest BCUT2D eigenvalue weighted by Gasteiger charge is 2.27. The molecule has 0 aliphatic rings. The number of benzene rings is 1. The van der Waals surface area contributed by atoms with Gasteiger partial charge in [0, 0.05) is 17.8 Å². The second-order valence-electron chi connectivity index (χ2n) is 5.74. The van der Waals surface area contributed by atoms with Gasteiger partial charge in [-0.2, -0.15) is 0 Å². The van der Waals surface area contributed by atoms with E-state index in [1.54, 1.807) is 12.4 Å². The average molecular weight is 257 g/mol. The third-order valence-corrected chi connectivity index (χ3v) is 3.16. The Balaban J connectivity index is 2.29. The number of carbonyl (C=O) groups excluding carboxylic acids is 1. The van der Waals surface area contributed by atoms with Crippen LogP contribution in [0.15, 0.2) is 36.7 Å². The van der Waals surface area contributed by atoms with E-state index in [-0.39, 0.29) is 11.3 Å². The lowest BCUT2D eigenvalue weighted by atomic mass is 9.87. The number of hydrogen-bond acceptors (Lipinski definition) is 3. The summed E-state index contributed by atoms with van der Waals surface area (Å²) in [6.45, 7) is 5.84. The van der Waals surface area contributed by atoms with E-state index in [0.29, 0.717) is 0 Å². The Morgan fingerprint density at radius 3 is 2.74 bits per heavy atom. The smallest absolute Gasteiger partial charge is 0.241 e. The number of nitrogens with one attached hydrogen (secondary N) is 1. The lowest BCUT2D eigenvalue weighted by Gasteiger charge is -2.26. The molecule has 1 heterocycles. The van der Waals surface area contributed by atoms with Gasteiger partial charge in [-0.05, 0) is 22.9 Å². The summed E-state index contributed by atoms with van der Waals surface area (Å²) in [5.41, 5.74) is 6.43. The summed E-state index contributed by atoms with van der Waals surface area (Å²) < 4.78 is 0. The molecule has 1 atom stereocenters. The molecule has 3 N–H and O–H groups in total. The van der Waals surface area contributed by atoms with Crippen LogP contribution in [0.1, 0.15) is 20.8 Å². The molecule has 1 aromatic heterocycles. The van der Waals surface area contributed by atoms with Crippen LogP contribution >= 0.6 is 0 Å². The Labute approximate surface area is 113 Å². The molecule has 100 valence electrons. The Morgan fingerprint density at radius 1 is 1.32 bits per heavy atom. The topological polar surface area (TPSA) is 68.0 Å². The zero-order valence-electron chi connectivity index (χ0n) is 11.5. The van der Waals surface area contributed by atoms with Gasteiger partial charge in [-0.15, -0.1) is 0 Å². The summed E-state index contributed by atoms with van der Waals surface area (Å²) in [7, 11) is 0. The number of rotatable bonds is 2. The van der Waals surface area contributed by atoms with Crippen LogP contribution in [-0.4, -0.2) is 16.9 Å². The SMILES string of the molecule is CC(C)(C)[C@H](N)C(=O)Nc1cccc2ccncc12. The Hall–Kier alpha value is -1.94. The van der Waals surface area contributed by atoms with Crippen LogP contribution in [0.25, 0.3) is 10.8 Å². The largest absolute Gasteiger partial charge is 0.324 e. The summed E-state index contributed by atoms with van der Waals surface area (Å²) >= 11 is 0. The van der Waals surface area contributed by atoms with E-state index in [9.17, 15) is 4.79 Å². The monoisotopic (exact) mass is 257 g/mol. The molecule has 2 rings (SSSR count). The van der Waals surface area contributed by atoms with Crippen LogP contribution in [0.3, 0.4) is 0 Å². The van der Waals surface area contributed by atoms with Gasteiger partial charge in [0.2, 0.25) is 5.91 Å². The van der Waals surface area contributed by atoms with Gasteiger partial charge in [0.1, 0.15) is 0 Å². The van der Waals surface area contributed by atoms with Crippen molar-refractivity contribution in [3.63, 3.8) is 0 Å². The van der Waals surface area contributed by atoms with Gasteiger partial charge in [0.15, 0.2) is 0 Å². The van der Waals surface area contributed by atoms with Crippen molar-refractivity contribution < 1.29 is 4.79 Å². The van der Waals surface area contributed by atoms with Crippen molar-refractivity contribution >= 4 is 22.4 Å². The normalized spacial score (nSPS) is 13.3. The highest BCUT2D eigenvalue weighted by Crippen LogP contribution is 2.24. The zero-order chi connectivity index (χ0) is 14.0. The van der Waals surface area contributed by atoms with Crippen molar-refractivity contribution in [3.8, 4) is 0 Å². The number of nitrogens with zero attached hydrogens (tertiary/aromatic N) is 1. The molecule has 19 heavy (non-hydrogen) atoms. The van der Waals surface area contributed by atoms with Gasteiger partial charge in [0.05, 0.1) is 11.7 Å². The molecule has 0 fully saturated rings. The van der Waals surface area contributed by atoms with E-state index in [4.69, 9.17) is 5.73 Å². The first-order valence-corrected chi connectivity index (χ1v) is 6.29. The number of pyridine rings is 1. The van der Waals surface area contributed by atoms with Crippen LogP contribution in [0.5, 0.6) is 0 Å². The molecule has 0 saturated carbocycles. The minimum atomic E-state index is -0.556. The lowest BCUT2D eigenvalue weighted by molar-refractivity contribution is -0.119. The van der Waals surface area contributed by atoms with Crippen molar-refractivity contribution in [2.45, 2.75) is 26.8 Å². The van der Waals surface area contributed by atoms with Gasteiger partial charge >= 0.3 is 0 Å². The summed E-state index contributed by atoms with van der Waals surface area (Å²) in [6.07, 6.45) is 3.47. The van der Waals surface area contributed by atoms with Crippen molar-refractivity contribution in [1.29, 1.82) is 0 Å². The molecule has 2 aromatic rings. The molecule has 0 spiro atoms. The fraction of sp³-hybridized carbons (Fsp3) is 0.333. The molecule has 0 aliphatic carbocycles. The molecular formula is C15H19N3O. The molecule has 0 unspecified atom stereocenters. The van der Waals surface area contributed by atoms with E-state index in [2.05, 4.69) is 10.3 Å². The third-order valence-electron chi connectivity index (χ3n) is 3.16. The van der Waals surface area contributed by atoms with Gasteiger partial charge in [0.25, 0.3) is 0 Å². The summed E-state index contributed by atoms with van der Waals surface area (Å²) in [6, 6.07) is 7.10. The third kappa shape index (κ3) is 2.90. The minimum absolute atomic E-state index is 0.177. The molecule has 1 aromatic carbocycles. The second-order valence-corrected chi connectivity index (χ2v) is 5.74. The van der Waals surface area contributed by atoms with E-state index in [0.717, 1.165) is 16.5 Å². The molecule has 0 bridgehead atoms. The summed E-state index contributed by atoms with van der Waals surface area (Å²) in [4.78, 5) is 16.2. The molecule has 1 amide bonds. The molecule has 4 nitrogen and oxygen atoms in total. The number of anilines is 1. The maximum absolute atomic E-state index is 12.1. The highest BCUT2D eigenvalue weighted by molar-refractivity contribution is 6.03. The van der Waals surface area contributed by atoms with E-state index in [1.807, 2.05) is 45.0 Å². The first-order chi connectivity index (χ1) is 8.89. The Kier molecular flexibility index (Phi) is 3.53. The second kappa shape index (κ2) is 4.97. The van der Waals surface area contributed by atoms with Gasteiger partial charge in [-0.3, -0.25) is 9.78 Å². The van der Waals surface area contributed by atoms with Gasteiger partial charge < -0.3 is 11.1 Å². The van der Waals surface area contributed by atoms with Crippen molar-refractivity contribution in [2.75, 3.05) is 5.32 Å². The lowest BCUT2D eigenvalue weighted by Crippen LogP contribution is -2.45. The summed E-state index contributed by atoms with van der Waals surface area (Å²) in [5.74, 6) is -0.177. The van der Waals surface area contributed by atoms with E-state index < -0.39 is 6.04 Å². The fourth-order valence-corrected chi connectivity index (χ4v) is 1.83. The number of hydrogen-bond donors (Lipinski definition) is 2. The number of fused-ring (bicyclic) bond motifs is 1. The van der Waals surface area contributed by atoms with Crippen LogP contribution < -0.4 is 11.1 Å². The number of amides is 1. The van der Waals surface area contributed by atoms with Crippen LogP contribution in [0.2, 0.25) is 0 Å². The van der Waals surface area contributed by atoms with Crippen LogP contribution in [0.4, 0.5) is 5.69 Å². The first-order valence-electron chi connectivity index (χ1n) is 6.29. The fourth-order valence-electron chi connectivity index (χ4n) is 1.83. The molecule has 0 radical (unpaired) electrons. The Bertz CT molecular complexity index is 596. The maximum Gasteiger partial charge on any atom is 0.241 e. The molecule has 4 heteroatoms. The predicted octanol–water partition coefficient (Wildman–Crippen LogP) is 2.55. The van der Waals surface area contributed by atoms with Gasteiger partial charge in [-0.1, -0.05) is 32.9 Å². The van der Waals surface area contributed by atoms with Crippen LogP contribution in [-0.2, 0) is 4.79 Å². The number of nitrogens with two attached hydrogens (primary N) is 1. The maximum atomic E-state index is 12.1. The highest BCUT2D eigenvalue weighted by atomic mass is 16.2. The number of aromatic nitrogens is 1.